The molecule has 0 amide bonds. The van der Waals surface area contributed by atoms with Crippen LogP contribution in [0.4, 0.5) is 0 Å². The highest BCUT2D eigenvalue weighted by Gasteiger charge is 2.34. The van der Waals surface area contributed by atoms with Gasteiger partial charge in [-0.1, -0.05) is 24.3 Å². The second-order valence-electron chi connectivity index (χ2n) is 9.34. The molecule has 1 aliphatic heterocycles. The molecule has 0 N–H and O–H groups in total. The van der Waals surface area contributed by atoms with E-state index in [-0.39, 0.29) is 16.0 Å². The highest BCUT2D eigenvalue weighted by atomic mass is 32.2. The number of ether oxygens (including phenoxy) is 1. The second-order valence-corrected chi connectivity index (χ2v) is 13.4. The molecule has 1 aliphatic rings. The summed E-state index contributed by atoms with van der Waals surface area (Å²) in [4.78, 5) is 2.32. The van der Waals surface area contributed by atoms with Crippen LogP contribution in [0.5, 0.6) is 5.75 Å². The average molecular weight is 554 g/mol. The molecule has 1 atom stereocenters. The lowest BCUT2D eigenvalue weighted by Gasteiger charge is -2.31. The number of nitrogens with zero attached hydrogens (tertiary/aromatic N) is 3. The topological polar surface area (TPSA) is 108 Å². The van der Waals surface area contributed by atoms with Crippen LogP contribution < -0.4 is 4.74 Å². The number of nitriles is 1. The Morgan fingerprint density at radius 3 is 2.08 bits per heavy atom. The van der Waals surface area contributed by atoms with Crippen LogP contribution in [0.3, 0.4) is 0 Å². The number of sulfonamides is 1. The largest absolute Gasteiger partial charge is 0.494 e. The van der Waals surface area contributed by atoms with E-state index < -0.39 is 19.9 Å². The SMILES string of the molecule is CN(C1CCCN1CCCOc1ccc(-c2ccc(C#N)cc2)cc1)S(=O)(=O)c1ccc(S(C)(=O)=O)cc1. The van der Waals surface area contributed by atoms with E-state index in [1.54, 1.807) is 19.2 Å². The molecule has 0 aliphatic carbocycles. The van der Waals surface area contributed by atoms with E-state index in [2.05, 4.69) is 11.0 Å². The first-order valence-electron chi connectivity index (χ1n) is 12.4. The molecule has 8 nitrogen and oxygen atoms in total. The zero-order chi connectivity index (χ0) is 27.3. The monoisotopic (exact) mass is 553 g/mol. The van der Waals surface area contributed by atoms with Gasteiger partial charge in [0.2, 0.25) is 10.0 Å². The molecule has 0 radical (unpaired) electrons. The molecule has 200 valence electrons. The maximum Gasteiger partial charge on any atom is 0.244 e. The van der Waals surface area contributed by atoms with Crippen molar-refractivity contribution in [2.45, 2.75) is 35.2 Å². The molecule has 1 fully saturated rings. The molecule has 38 heavy (non-hydrogen) atoms. The smallest absolute Gasteiger partial charge is 0.244 e. The lowest BCUT2D eigenvalue weighted by Crippen LogP contribution is -2.45. The fourth-order valence-corrected chi connectivity index (χ4v) is 6.61. The average Bonchev–Trinajstić information content (AvgIpc) is 3.39. The van der Waals surface area contributed by atoms with Gasteiger partial charge in [0.1, 0.15) is 5.75 Å². The summed E-state index contributed by atoms with van der Waals surface area (Å²) in [5, 5.41) is 8.95. The standard InChI is InChI=1S/C28H31N3O5S2/c1-30(38(34,35)27-16-14-26(15-17-27)37(2,32)33)28-5-3-18-31(28)19-4-20-36-25-12-10-24(11-13-25)23-8-6-22(21-29)7-9-23/h6-17,28H,3-5,18-20H2,1-2H3. The van der Waals surface area contributed by atoms with Crippen molar-refractivity contribution in [2.75, 3.05) is 33.0 Å². The van der Waals surface area contributed by atoms with E-state index in [0.717, 1.165) is 48.9 Å². The molecule has 0 saturated carbocycles. The summed E-state index contributed by atoms with van der Waals surface area (Å²) >= 11 is 0. The molecule has 1 unspecified atom stereocenters. The maximum atomic E-state index is 13.2. The first-order chi connectivity index (χ1) is 18.1. The number of sulfone groups is 1. The normalized spacial score (nSPS) is 16.4. The molecule has 3 aromatic rings. The van der Waals surface area contributed by atoms with Gasteiger partial charge in [-0.2, -0.15) is 9.57 Å². The molecule has 10 heteroatoms. The Balaban J connectivity index is 1.30. The van der Waals surface area contributed by atoms with E-state index in [0.29, 0.717) is 18.7 Å². The fourth-order valence-electron chi connectivity index (χ4n) is 4.60. The van der Waals surface area contributed by atoms with Gasteiger partial charge in [0.15, 0.2) is 9.84 Å². The fraction of sp³-hybridized carbons (Fsp3) is 0.321. The molecule has 1 heterocycles. The second kappa shape index (κ2) is 11.7. The first-order valence-corrected chi connectivity index (χ1v) is 15.7. The van der Waals surface area contributed by atoms with Crippen LogP contribution in [-0.2, 0) is 19.9 Å². The maximum absolute atomic E-state index is 13.2. The van der Waals surface area contributed by atoms with E-state index in [1.807, 2.05) is 36.4 Å². The summed E-state index contributed by atoms with van der Waals surface area (Å²) in [5.74, 6) is 0.762. The first kappa shape index (κ1) is 27.8. The molecule has 1 saturated heterocycles. The van der Waals surface area contributed by atoms with E-state index in [1.165, 1.54) is 28.6 Å². The van der Waals surface area contributed by atoms with Gasteiger partial charge in [-0.05, 0) is 85.5 Å². The van der Waals surface area contributed by atoms with Gasteiger partial charge in [-0.3, -0.25) is 4.90 Å². The minimum Gasteiger partial charge on any atom is -0.494 e. The molecular weight excluding hydrogens is 522 g/mol. The molecule has 3 aromatic carbocycles. The Labute approximate surface area is 225 Å². The van der Waals surface area contributed by atoms with Crippen molar-refractivity contribution >= 4 is 19.9 Å². The van der Waals surface area contributed by atoms with Gasteiger partial charge in [0.05, 0.1) is 34.2 Å². The van der Waals surface area contributed by atoms with Crippen molar-refractivity contribution in [1.82, 2.24) is 9.21 Å². The lowest BCUT2D eigenvalue weighted by molar-refractivity contribution is 0.149. The van der Waals surface area contributed by atoms with Crippen molar-refractivity contribution < 1.29 is 21.6 Å². The summed E-state index contributed by atoms with van der Waals surface area (Å²) in [5.41, 5.74) is 2.69. The molecule has 0 bridgehead atoms. The van der Waals surface area contributed by atoms with Gasteiger partial charge in [0.25, 0.3) is 0 Å². The minimum atomic E-state index is -3.77. The summed E-state index contributed by atoms with van der Waals surface area (Å²) in [6, 6.07) is 22.7. The number of hydrogen-bond donors (Lipinski definition) is 0. The number of benzene rings is 3. The molecule has 4 rings (SSSR count). The van der Waals surface area contributed by atoms with Crippen LogP contribution in [0.15, 0.2) is 82.6 Å². The van der Waals surface area contributed by atoms with E-state index in [4.69, 9.17) is 10.00 Å². The number of likely N-dealkylation sites (tertiary alicyclic amines) is 1. The number of rotatable bonds is 10. The number of hydrogen-bond acceptors (Lipinski definition) is 7. The summed E-state index contributed by atoms with van der Waals surface area (Å²) in [7, 11) is -5.59. The molecule has 0 spiro atoms. The predicted octanol–water partition coefficient (Wildman–Crippen LogP) is 4.14. The summed E-state index contributed by atoms with van der Waals surface area (Å²) in [6.07, 6.45) is 3.20. The Hall–Kier alpha value is -3.23. The minimum absolute atomic E-state index is 0.0760. The predicted molar refractivity (Wildman–Crippen MR) is 146 cm³/mol. The zero-order valence-corrected chi connectivity index (χ0v) is 23.1. The zero-order valence-electron chi connectivity index (χ0n) is 21.4. The third-order valence-corrected chi connectivity index (χ3v) is 9.74. The Morgan fingerprint density at radius 2 is 1.50 bits per heavy atom. The quantitative estimate of drug-likeness (QED) is 0.347. The van der Waals surface area contributed by atoms with E-state index >= 15 is 0 Å². The molecular formula is C28H31N3O5S2. The van der Waals surface area contributed by atoms with Crippen LogP contribution in [0, 0.1) is 11.3 Å². The Morgan fingerprint density at radius 1 is 0.921 bits per heavy atom. The lowest BCUT2D eigenvalue weighted by atomic mass is 10.0. The third-order valence-electron chi connectivity index (χ3n) is 6.74. The highest BCUT2D eigenvalue weighted by molar-refractivity contribution is 7.90. The van der Waals surface area contributed by atoms with E-state index in [9.17, 15) is 16.8 Å². The third kappa shape index (κ3) is 6.42. The summed E-state index contributed by atoms with van der Waals surface area (Å²) in [6.45, 7) is 2.00. The van der Waals surface area contributed by atoms with Crippen LogP contribution >= 0.6 is 0 Å². The Kier molecular flexibility index (Phi) is 8.53. The van der Waals surface area contributed by atoms with Gasteiger partial charge in [-0.25, -0.2) is 16.8 Å². The van der Waals surface area contributed by atoms with Gasteiger partial charge >= 0.3 is 0 Å². The van der Waals surface area contributed by atoms with Crippen molar-refractivity contribution in [3.8, 4) is 22.9 Å². The van der Waals surface area contributed by atoms with Crippen molar-refractivity contribution in [3.63, 3.8) is 0 Å². The van der Waals surface area contributed by atoms with Gasteiger partial charge in [-0.15, -0.1) is 0 Å². The Bertz CT molecular complexity index is 1500. The van der Waals surface area contributed by atoms with Crippen LogP contribution in [0.2, 0.25) is 0 Å². The molecule has 0 aromatic heterocycles. The van der Waals surface area contributed by atoms with Crippen molar-refractivity contribution in [3.05, 3.63) is 78.4 Å². The summed E-state index contributed by atoms with van der Waals surface area (Å²) < 4.78 is 57.1. The van der Waals surface area contributed by atoms with Crippen LogP contribution in [0.1, 0.15) is 24.8 Å². The van der Waals surface area contributed by atoms with Gasteiger partial charge in [0, 0.05) is 19.8 Å². The van der Waals surface area contributed by atoms with Gasteiger partial charge < -0.3 is 4.74 Å². The van der Waals surface area contributed by atoms with Crippen LogP contribution in [0.25, 0.3) is 11.1 Å². The van der Waals surface area contributed by atoms with Crippen molar-refractivity contribution in [2.24, 2.45) is 0 Å². The van der Waals surface area contributed by atoms with Crippen molar-refractivity contribution in [1.29, 1.82) is 5.26 Å². The van der Waals surface area contributed by atoms with Crippen LogP contribution in [-0.4, -0.2) is 65.2 Å². The highest BCUT2D eigenvalue weighted by Crippen LogP contribution is 2.27.